The fourth-order valence-electron chi connectivity index (χ4n) is 2.83. The molecule has 0 saturated carbocycles. The van der Waals surface area contributed by atoms with Crippen LogP contribution >= 0.6 is 11.3 Å². The van der Waals surface area contributed by atoms with Crippen molar-refractivity contribution < 1.29 is 17.6 Å². The number of nitrogens with one attached hydrogen (secondary N) is 2. The van der Waals surface area contributed by atoms with E-state index < -0.39 is 28.3 Å². The quantitative estimate of drug-likeness (QED) is 0.735. The molecule has 0 aliphatic carbocycles. The minimum atomic E-state index is -3.93. The Kier molecular flexibility index (Phi) is 5.84. The molecule has 1 fully saturated rings. The molecule has 7 nitrogen and oxygen atoms in total. The van der Waals surface area contributed by atoms with Crippen molar-refractivity contribution in [2.45, 2.75) is 23.8 Å². The first kappa shape index (κ1) is 18.7. The molecule has 2 aromatic rings. The van der Waals surface area contributed by atoms with E-state index in [1.54, 1.807) is 17.5 Å². The third kappa shape index (κ3) is 4.57. The number of nitrogens with zero attached hydrogens (tertiary/aromatic N) is 2. The van der Waals surface area contributed by atoms with Gasteiger partial charge in [0.15, 0.2) is 5.13 Å². The monoisotopic (exact) mass is 398 g/mol. The van der Waals surface area contributed by atoms with Crippen molar-refractivity contribution in [2.75, 3.05) is 24.5 Å². The highest BCUT2D eigenvalue weighted by atomic mass is 32.2. The van der Waals surface area contributed by atoms with Crippen LogP contribution in [0.5, 0.6) is 0 Å². The molecule has 1 aliphatic heterocycles. The standard InChI is InChI=1S/C16H19FN4O3S2/c17-12-3-1-5-14(9-12)26(23,24)20-11-15(22)19-10-13-4-2-7-21(13)16-18-6-8-25-16/h1,3,5-6,8-9,13,20H,2,4,7,10-11H2,(H,19,22)/t13-/m0/s1. The zero-order valence-corrected chi connectivity index (χ0v) is 15.5. The first-order chi connectivity index (χ1) is 12.5. The van der Waals surface area contributed by atoms with Gasteiger partial charge in [-0.25, -0.2) is 22.5 Å². The molecular formula is C16H19FN4O3S2. The highest BCUT2D eigenvalue weighted by Crippen LogP contribution is 2.26. The smallest absolute Gasteiger partial charge is 0.241 e. The normalized spacial score (nSPS) is 17.4. The van der Waals surface area contributed by atoms with E-state index in [4.69, 9.17) is 0 Å². The number of hydrogen-bond acceptors (Lipinski definition) is 6. The van der Waals surface area contributed by atoms with Crippen LogP contribution in [-0.4, -0.2) is 45.0 Å². The van der Waals surface area contributed by atoms with Crippen LogP contribution in [0.4, 0.5) is 9.52 Å². The molecule has 1 saturated heterocycles. The Hall–Kier alpha value is -2.04. The van der Waals surface area contributed by atoms with Gasteiger partial charge in [0.05, 0.1) is 11.4 Å². The van der Waals surface area contributed by atoms with Crippen molar-refractivity contribution >= 4 is 32.4 Å². The van der Waals surface area contributed by atoms with Gasteiger partial charge in [0.25, 0.3) is 0 Å². The SMILES string of the molecule is O=C(CNS(=O)(=O)c1cccc(F)c1)NC[C@@H]1CCCN1c1nccs1. The van der Waals surface area contributed by atoms with Crippen LogP contribution in [0, 0.1) is 5.82 Å². The van der Waals surface area contributed by atoms with Crippen LogP contribution < -0.4 is 14.9 Å². The first-order valence-corrected chi connectivity index (χ1v) is 10.5. The Morgan fingerprint density at radius 2 is 2.27 bits per heavy atom. The van der Waals surface area contributed by atoms with Crippen LogP contribution in [0.1, 0.15) is 12.8 Å². The van der Waals surface area contributed by atoms with Gasteiger partial charge in [0.2, 0.25) is 15.9 Å². The van der Waals surface area contributed by atoms with Crippen molar-refractivity contribution in [2.24, 2.45) is 0 Å². The number of amides is 1. The number of aromatic nitrogens is 1. The maximum Gasteiger partial charge on any atom is 0.241 e. The van der Waals surface area contributed by atoms with Gasteiger partial charge in [-0.1, -0.05) is 6.07 Å². The molecular weight excluding hydrogens is 379 g/mol. The van der Waals surface area contributed by atoms with Crippen molar-refractivity contribution in [3.05, 3.63) is 41.7 Å². The van der Waals surface area contributed by atoms with Gasteiger partial charge < -0.3 is 10.2 Å². The number of benzene rings is 1. The zero-order chi connectivity index (χ0) is 18.6. The lowest BCUT2D eigenvalue weighted by molar-refractivity contribution is -0.120. The van der Waals surface area contributed by atoms with Crippen molar-refractivity contribution in [1.82, 2.24) is 15.0 Å². The molecule has 1 atom stereocenters. The zero-order valence-electron chi connectivity index (χ0n) is 13.9. The lowest BCUT2D eigenvalue weighted by Gasteiger charge is -2.24. The molecule has 0 bridgehead atoms. The molecule has 10 heteroatoms. The fraction of sp³-hybridized carbons (Fsp3) is 0.375. The predicted molar refractivity (Wildman–Crippen MR) is 97.1 cm³/mol. The Morgan fingerprint density at radius 3 is 3.00 bits per heavy atom. The molecule has 1 amide bonds. The van der Waals surface area contributed by atoms with Crippen LogP contribution in [0.3, 0.4) is 0 Å². The Labute approximate surface area is 155 Å². The Morgan fingerprint density at radius 1 is 1.42 bits per heavy atom. The van der Waals surface area contributed by atoms with Crippen molar-refractivity contribution in [3.63, 3.8) is 0 Å². The first-order valence-electron chi connectivity index (χ1n) is 8.14. The summed E-state index contributed by atoms with van der Waals surface area (Å²) in [4.78, 5) is 18.2. The molecule has 1 aliphatic rings. The molecule has 0 unspecified atom stereocenters. The number of carbonyl (C=O) groups excluding carboxylic acids is 1. The summed E-state index contributed by atoms with van der Waals surface area (Å²) in [7, 11) is -3.93. The van der Waals surface area contributed by atoms with Crippen molar-refractivity contribution in [3.8, 4) is 0 Å². The van der Waals surface area contributed by atoms with E-state index in [1.165, 1.54) is 12.1 Å². The van der Waals surface area contributed by atoms with Crippen LogP contribution in [0.25, 0.3) is 0 Å². The molecule has 0 spiro atoms. The summed E-state index contributed by atoms with van der Waals surface area (Å²) in [5.41, 5.74) is 0. The van der Waals surface area contributed by atoms with E-state index >= 15 is 0 Å². The van der Waals surface area contributed by atoms with Gasteiger partial charge in [-0.2, -0.15) is 0 Å². The molecule has 0 radical (unpaired) electrons. The minimum Gasteiger partial charge on any atom is -0.353 e. The fourth-order valence-corrected chi connectivity index (χ4v) is 4.58. The molecule has 3 rings (SSSR count). The van der Waals surface area contributed by atoms with Crippen LogP contribution in [-0.2, 0) is 14.8 Å². The molecule has 140 valence electrons. The second-order valence-electron chi connectivity index (χ2n) is 5.89. The molecule has 2 heterocycles. The summed E-state index contributed by atoms with van der Waals surface area (Å²) < 4.78 is 39.5. The largest absolute Gasteiger partial charge is 0.353 e. The minimum absolute atomic E-state index is 0.143. The molecule has 1 aromatic heterocycles. The van der Waals surface area contributed by atoms with Gasteiger partial charge in [-0.15, -0.1) is 11.3 Å². The third-order valence-electron chi connectivity index (χ3n) is 4.11. The number of hydrogen-bond donors (Lipinski definition) is 2. The van der Waals surface area contributed by atoms with E-state index in [0.29, 0.717) is 6.54 Å². The predicted octanol–water partition coefficient (Wildman–Crippen LogP) is 1.35. The van der Waals surface area contributed by atoms with E-state index in [9.17, 15) is 17.6 Å². The van der Waals surface area contributed by atoms with E-state index in [-0.39, 0.29) is 10.9 Å². The van der Waals surface area contributed by atoms with E-state index in [1.807, 2.05) is 5.38 Å². The van der Waals surface area contributed by atoms with Gasteiger partial charge in [-0.3, -0.25) is 4.79 Å². The number of halogens is 1. The number of sulfonamides is 1. The average molecular weight is 398 g/mol. The number of thiazole rings is 1. The molecule has 26 heavy (non-hydrogen) atoms. The number of anilines is 1. The summed E-state index contributed by atoms with van der Waals surface area (Å²) >= 11 is 1.55. The maximum atomic E-state index is 13.2. The molecule has 2 N–H and O–H groups in total. The lowest BCUT2D eigenvalue weighted by Crippen LogP contribution is -2.43. The number of rotatable bonds is 7. The van der Waals surface area contributed by atoms with E-state index in [0.717, 1.165) is 36.7 Å². The summed E-state index contributed by atoms with van der Waals surface area (Å²) in [5.74, 6) is -1.09. The van der Waals surface area contributed by atoms with Crippen LogP contribution in [0.15, 0.2) is 40.7 Å². The second kappa shape index (κ2) is 8.11. The number of carbonyl (C=O) groups is 1. The summed E-state index contributed by atoms with van der Waals surface area (Å²) in [6.45, 7) is 0.906. The van der Waals surface area contributed by atoms with Gasteiger partial charge >= 0.3 is 0 Å². The van der Waals surface area contributed by atoms with Gasteiger partial charge in [0.1, 0.15) is 5.82 Å². The summed E-state index contributed by atoms with van der Waals surface area (Å²) in [6.07, 6.45) is 3.70. The van der Waals surface area contributed by atoms with Crippen molar-refractivity contribution in [1.29, 1.82) is 0 Å². The lowest BCUT2D eigenvalue weighted by atomic mass is 10.2. The summed E-state index contributed by atoms with van der Waals surface area (Å²) in [6, 6.07) is 4.78. The third-order valence-corrected chi connectivity index (χ3v) is 6.31. The van der Waals surface area contributed by atoms with Gasteiger partial charge in [-0.05, 0) is 31.0 Å². The second-order valence-corrected chi connectivity index (χ2v) is 8.53. The Bertz CT molecular complexity index is 858. The van der Waals surface area contributed by atoms with Crippen LogP contribution in [0.2, 0.25) is 0 Å². The highest BCUT2D eigenvalue weighted by Gasteiger charge is 2.26. The highest BCUT2D eigenvalue weighted by molar-refractivity contribution is 7.89. The average Bonchev–Trinajstić information content (AvgIpc) is 3.29. The molecule has 1 aromatic carbocycles. The maximum absolute atomic E-state index is 13.2. The Balaban J connectivity index is 1.50. The summed E-state index contributed by atoms with van der Waals surface area (Å²) in [5, 5.41) is 5.58. The van der Waals surface area contributed by atoms with Gasteiger partial charge in [0, 0.05) is 30.7 Å². The van der Waals surface area contributed by atoms with E-state index in [2.05, 4.69) is 19.9 Å². The topological polar surface area (TPSA) is 91.4 Å².